The smallest absolute Gasteiger partial charge is 0.341 e. The first-order chi connectivity index (χ1) is 9.75. The summed E-state index contributed by atoms with van der Waals surface area (Å²) in [6, 6.07) is 4.77. The van der Waals surface area contributed by atoms with Crippen LogP contribution in [0.3, 0.4) is 0 Å². The molecule has 2 aromatic rings. The van der Waals surface area contributed by atoms with Crippen LogP contribution in [0.5, 0.6) is 0 Å². The van der Waals surface area contributed by atoms with Gasteiger partial charge in [0.25, 0.3) is 0 Å². The molecule has 0 unspecified atom stereocenters. The van der Waals surface area contributed by atoms with Crippen molar-refractivity contribution in [3.05, 3.63) is 55.3 Å². The number of hydrogen-bond donors (Lipinski definition) is 1. The molecule has 0 radical (unpaired) electrons. The first kappa shape index (κ1) is 15.6. The Morgan fingerprint density at radius 3 is 2.33 bits per heavy atom. The monoisotopic (exact) mass is 325 g/mol. The third-order valence-electron chi connectivity index (χ3n) is 3.59. The maximum absolute atomic E-state index is 12.3. The molecule has 0 amide bonds. The van der Waals surface area contributed by atoms with Crippen LogP contribution < -0.4 is 5.43 Å². The largest absolute Gasteiger partial charge is 0.477 e. The molecule has 0 saturated carbocycles. The Morgan fingerprint density at radius 2 is 1.81 bits per heavy atom. The van der Waals surface area contributed by atoms with Gasteiger partial charge in [0.15, 0.2) is 5.43 Å². The van der Waals surface area contributed by atoms with Crippen LogP contribution >= 0.6 is 23.2 Å². The molecule has 1 aromatic heterocycles. The van der Waals surface area contributed by atoms with Crippen molar-refractivity contribution < 1.29 is 9.90 Å². The summed E-state index contributed by atoms with van der Waals surface area (Å²) in [5, 5.41) is 10.1. The zero-order chi connectivity index (χ0) is 15.9. The molecule has 0 aliphatic carbocycles. The van der Waals surface area contributed by atoms with Crippen molar-refractivity contribution in [3.8, 4) is 11.3 Å². The zero-order valence-corrected chi connectivity index (χ0v) is 13.2. The van der Waals surface area contributed by atoms with E-state index in [2.05, 4.69) is 0 Å². The molecule has 4 nitrogen and oxygen atoms in total. The summed E-state index contributed by atoms with van der Waals surface area (Å²) in [7, 11) is 1.71. The van der Waals surface area contributed by atoms with E-state index in [1.54, 1.807) is 43.7 Å². The van der Waals surface area contributed by atoms with Crippen molar-refractivity contribution >= 4 is 29.2 Å². The van der Waals surface area contributed by atoms with E-state index in [-0.39, 0.29) is 5.56 Å². The number of carboxylic acid groups (broad SMARTS) is 1. The minimum absolute atomic E-state index is 0.265. The van der Waals surface area contributed by atoms with Gasteiger partial charge in [0.1, 0.15) is 5.56 Å². The topological polar surface area (TPSA) is 59.3 Å². The number of pyridine rings is 1. The van der Waals surface area contributed by atoms with Gasteiger partial charge in [-0.3, -0.25) is 4.79 Å². The molecular weight excluding hydrogens is 313 g/mol. The number of carboxylic acids is 1. The van der Waals surface area contributed by atoms with Crippen molar-refractivity contribution in [2.45, 2.75) is 13.8 Å². The lowest BCUT2D eigenvalue weighted by Crippen LogP contribution is -2.24. The fraction of sp³-hybridized carbons (Fsp3) is 0.200. The van der Waals surface area contributed by atoms with Crippen LogP contribution in [0.4, 0.5) is 0 Å². The van der Waals surface area contributed by atoms with Gasteiger partial charge in [-0.05, 0) is 26.0 Å². The highest BCUT2D eigenvalue weighted by atomic mass is 35.5. The number of benzene rings is 1. The molecule has 0 spiro atoms. The van der Waals surface area contributed by atoms with Gasteiger partial charge >= 0.3 is 5.97 Å². The Bertz CT molecular complexity index is 810. The lowest BCUT2D eigenvalue weighted by atomic mass is 10.0. The van der Waals surface area contributed by atoms with E-state index in [9.17, 15) is 14.7 Å². The standard InChI is InChI=1S/C15H13Cl2NO3/c1-7-8(2)18(3)13(12(14(7)19)15(20)21)9-4-5-10(16)11(17)6-9/h4-6H,1-3H3,(H,20,21). The van der Waals surface area contributed by atoms with E-state index < -0.39 is 11.4 Å². The van der Waals surface area contributed by atoms with Crippen LogP contribution in [0.2, 0.25) is 10.0 Å². The fourth-order valence-corrected chi connectivity index (χ4v) is 2.52. The molecule has 1 N–H and O–H groups in total. The van der Waals surface area contributed by atoms with Crippen LogP contribution in [0.1, 0.15) is 21.6 Å². The third kappa shape index (κ3) is 2.57. The van der Waals surface area contributed by atoms with E-state index in [1.165, 1.54) is 0 Å². The summed E-state index contributed by atoms with van der Waals surface area (Å²) in [6.45, 7) is 3.38. The quantitative estimate of drug-likeness (QED) is 0.916. The Hall–Kier alpha value is -1.78. The van der Waals surface area contributed by atoms with Gasteiger partial charge in [0.2, 0.25) is 0 Å². The fourth-order valence-electron chi connectivity index (χ4n) is 2.23. The lowest BCUT2D eigenvalue weighted by Gasteiger charge is -2.17. The number of aromatic nitrogens is 1. The van der Waals surface area contributed by atoms with Crippen LogP contribution in [0, 0.1) is 13.8 Å². The molecule has 110 valence electrons. The first-order valence-corrected chi connectivity index (χ1v) is 6.90. The van der Waals surface area contributed by atoms with Gasteiger partial charge in [0.05, 0.1) is 15.7 Å². The molecule has 0 aliphatic rings. The van der Waals surface area contributed by atoms with Gasteiger partial charge in [-0.1, -0.05) is 29.3 Å². The second-order valence-corrected chi connectivity index (χ2v) is 5.57. The molecule has 1 aromatic carbocycles. The molecule has 0 fully saturated rings. The van der Waals surface area contributed by atoms with Gasteiger partial charge < -0.3 is 9.67 Å². The highest BCUT2D eigenvalue weighted by Crippen LogP contribution is 2.30. The molecule has 1 heterocycles. The number of nitrogens with zero attached hydrogens (tertiary/aromatic N) is 1. The molecule has 21 heavy (non-hydrogen) atoms. The van der Waals surface area contributed by atoms with Crippen LogP contribution in [0.25, 0.3) is 11.3 Å². The van der Waals surface area contributed by atoms with Gasteiger partial charge in [-0.15, -0.1) is 0 Å². The first-order valence-electron chi connectivity index (χ1n) is 6.14. The number of aromatic carboxylic acids is 1. The number of halogens is 2. The Kier molecular flexibility index (Phi) is 4.12. The highest BCUT2D eigenvalue weighted by Gasteiger charge is 2.22. The Morgan fingerprint density at radius 1 is 1.19 bits per heavy atom. The third-order valence-corrected chi connectivity index (χ3v) is 4.33. The normalized spacial score (nSPS) is 10.7. The summed E-state index contributed by atoms with van der Waals surface area (Å²) >= 11 is 11.9. The molecule has 6 heteroatoms. The zero-order valence-electron chi connectivity index (χ0n) is 11.7. The number of carbonyl (C=O) groups is 1. The lowest BCUT2D eigenvalue weighted by molar-refractivity contribution is 0.0695. The highest BCUT2D eigenvalue weighted by molar-refractivity contribution is 6.42. The van der Waals surface area contributed by atoms with Crippen LogP contribution in [0.15, 0.2) is 23.0 Å². The van der Waals surface area contributed by atoms with Crippen LogP contribution in [-0.4, -0.2) is 15.6 Å². The van der Waals surface area contributed by atoms with Gasteiger partial charge in [-0.2, -0.15) is 0 Å². The predicted octanol–water partition coefficient (Wildman–Crippen LogP) is 3.67. The van der Waals surface area contributed by atoms with E-state index in [4.69, 9.17) is 23.2 Å². The Balaban J connectivity index is 2.94. The van der Waals surface area contributed by atoms with Crippen molar-refractivity contribution in [3.63, 3.8) is 0 Å². The SMILES string of the molecule is Cc1c(C)n(C)c(-c2ccc(Cl)c(Cl)c2)c(C(=O)O)c1=O. The minimum atomic E-state index is -1.26. The second-order valence-electron chi connectivity index (χ2n) is 4.76. The van der Waals surface area contributed by atoms with Crippen LogP contribution in [-0.2, 0) is 7.05 Å². The molecular formula is C15H13Cl2NO3. The van der Waals surface area contributed by atoms with Crippen molar-refractivity contribution in [1.82, 2.24) is 4.57 Å². The maximum atomic E-state index is 12.3. The summed E-state index contributed by atoms with van der Waals surface area (Å²) in [5.74, 6) is -1.26. The molecule has 0 bridgehead atoms. The molecule has 0 aliphatic heterocycles. The molecule has 0 saturated heterocycles. The van der Waals surface area contributed by atoms with Gasteiger partial charge in [0, 0.05) is 23.9 Å². The van der Waals surface area contributed by atoms with Crippen molar-refractivity contribution in [2.75, 3.05) is 0 Å². The van der Waals surface area contributed by atoms with Gasteiger partial charge in [-0.25, -0.2) is 4.79 Å². The summed E-state index contributed by atoms with van der Waals surface area (Å²) in [6.07, 6.45) is 0. The molecule has 2 rings (SSSR count). The summed E-state index contributed by atoms with van der Waals surface area (Å²) in [4.78, 5) is 23.8. The Labute approximate surface area is 131 Å². The minimum Gasteiger partial charge on any atom is -0.477 e. The maximum Gasteiger partial charge on any atom is 0.341 e. The summed E-state index contributed by atoms with van der Waals surface area (Å²) < 4.78 is 1.68. The summed E-state index contributed by atoms with van der Waals surface area (Å²) in [5.41, 5.74) is 1.21. The number of hydrogen-bond acceptors (Lipinski definition) is 2. The van der Waals surface area contributed by atoms with E-state index >= 15 is 0 Å². The molecule has 0 atom stereocenters. The second kappa shape index (κ2) is 5.54. The van der Waals surface area contributed by atoms with E-state index in [0.717, 1.165) is 0 Å². The van der Waals surface area contributed by atoms with Crippen molar-refractivity contribution in [2.24, 2.45) is 7.05 Å². The predicted molar refractivity (Wildman–Crippen MR) is 83.6 cm³/mol. The van der Waals surface area contributed by atoms with E-state index in [0.29, 0.717) is 32.6 Å². The van der Waals surface area contributed by atoms with Crippen molar-refractivity contribution in [1.29, 1.82) is 0 Å². The average molecular weight is 326 g/mol. The number of rotatable bonds is 2. The van der Waals surface area contributed by atoms with E-state index in [1.807, 2.05) is 0 Å². The average Bonchev–Trinajstić information content (AvgIpc) is 2.43.